The first-order valence-electron chi connectivity index (χ1n) is 7.17. The molecule has 2 saturated heterocycles. The summed E-state index contributed by atoms with van der Waals surface area (Å²) in [6, 6.07) is 6.09. The summed E-state index contributed by atoms with van der Waals surface area (Å²) in [6.07, 6.45) is 6.85. The number of aliphatic hydroxyl groups excluding tert-OH is 1. The Hall–Kier alpha value is -1.88. The van der Waals surface area contributed by atoms with Gasteiger partial charge in [0, 0.05) is 24.5 Å². The summed E-state index contributed by atoms with van der Waals surface area (Å²) in [7, 11) is 0. The van der Waals surface area contributed by atoms with Crippen LogP contribution in [0.1, 0.15) is 36.2 Å². The van der Waals surface area contributed by atoms with Crippen LogP contribution < -0.4 is 0 Å². The van der Waals surface area contributed by atoms with E-state index in [1.807, 2.05) is 33.7 Å². The van der Waals surface area contributed by atoms with E-state index in [-0.39, 0.29) is 24.1 Å². The monoisotopic (exact) mass is 271 g/mol. The second-order valence-electron chi connectivity index (χ2n) is 5.81. The quantitative estimate of drug-likeness (QED) is 0.854. The Morgan fingerprint density at radius 2 is 2.00 bits per heavy atom. The molecule has 0 radical (unpaired) electrons. The lowest BCUT2D eigenvalue weighted by Crippen LogP contribution is -2.48. The van der Waals surface area contributed by atoms with E-state index in [4.69, 9.17) is 0 Å². The molecule has 5 nitrogen and oxygen atoms in total. The number of hydrogen-bond acceptors (Lipinski definition) is 3. The van der Waals surface area contributed by atoms with Crippen LogP contribution in [-0.4, -0.2) is 43.5 Å². The zero-order chi connectivity index (χ0) is 13.7. The van der Waals surface area contributed by atoms with Gasteiger partial charge in [0.2, 0.25) is 0 Å². The van der Waals surface area contributed by atoms with Crippen LogP contribution in [0.4, 0.5) is 0 Å². The molecule has 0 saturated carbocycles. The Morgan fingerprint density at radius 1 is 1.25 bits per heavy atom. The highest BCUT2D eigenvalue weighted by Gasteiger charge is 2.43. The van der Waals surface area contributed by atoms with Crippen molar-refractivity contribution < 1.29 is 9.90 Å². The molecule has 2 aliphatic rings. The fourth-order valence-electron chi connectivity index (χ4n) is 3.65. The van der Waals surface area contributed by atoms with Gasteiger partial charge in [-0.1, -0.05) is 6.07 Å². The van der Waals surface area contributed by atoms with E-state index in [9.17, 15) is 9.90 Å². The molecule has 2 aromatic heterocycles. The number of nitrogens with zero attached hydrogens (tertiary/aromatic N) is 3. The second-order valence-corrected chi connectivity index (χ2v) is 5.81. The number of pyridine rings is 1. The predicted octanol–water partition coefficient (Wildman–Crippen LogP) is 1.46. The summed E-state index contributed by atoms with van der Waals surface area (Å²) in [5.41, 5.74) is 1.30. The molecular formula is C15H17N3O2. The molecule has 0 spiro atoms. The van der Waals surface area contributed by atoms with Crippen LogP contribution in [0.2, 0.25) is 0 Å². The average molecular weight is 271 g/mol. The molecule has 2 aliphatic heterocycles. The van der Waals surface area contributed by atoms with Crippen molar-refractivity contribution in [2.45, 2.75) is 43.9 Å². The Labute approximate surface area is 116 Å². The van der Waals surface area contributed by atoms with E-state index < -0.39 is 0 Å². The van der Waals surface area contributed by atoms with E-state index in [1.165, 1.54) is 0 Å². The van der Waals surface area contributed by atoms with Gasteiger partial charge in [-0.3, -0.25) is 4.79 Å². The number of imidazole rings is 1. The van der Waals surface area contributed by atoms with Crippen LogP contribution in [0.5, 0.6) is 0 Å². The molecule has 20 heavy (non-hydrogen) atoms. The number of aliphatic hydroxyl groups is 1. The highest BCUT2D eigenvalue weighted by Crippen LogP contribution is 2.36. The molecule has 104 valence electrons. The van der Waals surface area contributed by atoms with Gasteiger partial charge in [-0.15, -0.1) is 0 Å². The molecule has 1 N–H and O–H groups in total. The minimum atomic E-state index is -0.252. The van der Waals surface area contributed by atoms with E-state index in [0.717, 1.165) is 18.5 Å². The average Bonchev–Trinajstić information content (AvgIpc) is 2.98. The SMILES string of the molecule is O=C(c1cn2ccccc2n1)N1C2CCC1CC(O)C2. The maximum atomic E-state index is 12.7. The molecule has 4 rings (SSSR count). The van der Waals surface area contributed by atoms with Crippen molar-refractivity contribution in [1.29, 1.82) is 0 Å². The molecule has 2 bridgehead atoms. The summed E-state index contributed by atoms with van der Waals surface area (Å²) in [4.78, 5) is 19.1. The number of piperidine rings is 1. The minimum absolute atomic E-state index is 0.00750. The van der Waals surface area contributed by atoms with Crippen molar-refractivity contribution in [3.05, 3.63) is 36.3 Å². The molecule has 1 amide bonds. The summed E-state index contributed by atoms with van der Waals surface area (Å²) < 4.78 is 1.87. The molecule has 5 heteroatoms. The van der Waals surface area contributed by atoms with Crippen LogP contribution in [-0.2, 0) is 0 Å². The normalized spacial score (nSPS) is 29.1. The topological polar surface area (TPSA) is 57.8 Å². The highest BCUT2D eigenvalue weighted by atomic mass is 16.3. The van der Waals surface area contributed by atoms with Crippen LogP contribution >= 0.6 is 0 Å². The number of aromatic nitrogens is 2. The zero-order valence-electron chi connectivity index (χ0n) is 11.1. The molecule has 0 aromatic carbocycles. The smallest absolute Gasteiger partial charge is 0.274 e. The van der Waals surface area contributed by atoms with Gasteiger partial charge < -0.3 is 14.4 Å². The Balaban J connectivity index is 1.67. The number of carbonyl (C=O) groups is 1. The molecule has 2 aromatic rings. The van der Waals surface area contributed by atoms with Crippen molar-refractivity contribution in [2.24, 2.45) is 0 Å². The number of carbonyl (C=O) groups excluding carboxylic acids is 1. The van der Waals surface area contributed by atoms with Gasteiger partial charge in [-0.25, -0.2) is 4.98 Å². The fraction of sp³-hybridized carbons (Fsp3) is 0.467. The van der Waals surface area contributed by atoms with Crippen molar-refractivity contribution in [1.82, 2.24) is 14.3 Å². The van der Waals surface area contributed by atoms with Gasteiger partial charge in [-0.2, -0.15) is 0 Å². The molecule has 0 aliphatic carbocycles. The van der Waals surface area contributed by atoms with Gasteiger partial charge in [0.1, 0.15) is 11.3 Å². The maximum absolute atomic E-state index is 12.7. The van der Waals surface area contributed by atoms with Crippen molar-refractivity contribution >= 4 is 11.6 Å². The van der Waals surface area contributed by atoms with Gasteiger partial charge in [0.25, 0.3) is 5.91 Å². The van der Waals surface area contributed by atoms with E-state index in [1.54, 1.807) is 6.20 Å². The number of hydrogen-bond donors (Lipinski definition) is 1. The van der Waals surface area contributed by atoms with Crippen LogP contribution in [0.25, 0.3) is 5.65 Å². The summed E-state index contributed by atoms with van der Waals surface area (Å²) in [5.74, 6) is 0.00750. The van der Waals surface area contributed by atoms with Gasteiger partial charge in [0.05, 0.1) is 6.10 Å². The molecular weight excluding hydrogens is 254 g/mol. The third kappa shape index (κ3) is 1.73. The molecule has 2 atom stereocenters. The number of rotatable bonds is 1. The van der Waals surface area contributed by atoms with E-state index in [2.05, 4.69) is 4.98 Å². The summed E-state index contributed by atoms with van der Waals surface area (Å²) in [5, 5.41) is 9.82. The first-order valence-corrected chi connectivity index (χ1v) is 7.17. The standard InChI is InChI=1S/C15H17N3O2/c19-12-7-10-4-5-11(8-12)18(10)15(20)13-9-17-6-2-1-3-14(17)16-13/h1-3,6,9-12,19H,4-5,7-8H2. The largest absolute Gasteiger partial charge is 0.393 e. The lowest BCUT2D eigenvalue weighted by Gasteiger charge is -2.36. The van der Waals surface area contributed by atoms with E-state index >= 15 is 0 Å². The maximum Gasteiger partial charge on any atom is 0.274 e. The highest BCUT2D eigenvalue weighted by molar-refractivity contribution is 5.93. The third-order valence-corrected chi connectivity index (χ3v) is 4.53. The fourth-order valence-corrected chi connectivity index (χ4v) is 3.65. The van der Waals surface area contributed by atoms with Crippen LogP contribution in [0.3, 0.4) is 0 Å². The van der Waals surface area contributed by atoms with Crippen LogP contribution in [0.15, 0.2) is 30.6 Å². The van der Waals surface area contributed by atoms with Crippen molar-refractivity contribution in [2.75, 3.05) is 0 Å². The van der Waals surface area contributed by atoms with Crippen LogP contribution in [0, 0.1) is 0 Å². The van der Waals surface area contributed by atoms with Gasteiger partial charge in [0.15, 0.2) is 0 Å². The Bertz CT molecular complexity index is 619. The van der Waals surface area contributed by atoms with Gasteiger partial charge >= 0.3 is 0 Å². The molecule has 2 unspecified atom stereocenters. The first-order chi connectivity index (χ1) is 9.72. The lowest BCUT2D eigenvalue weighted by molar-refractivity contribution is 0.0283. The van der Waals surface area contributed by atoms with Crippen molar-refractivity contribution in [3.63, 3.8) is 0 Å². The van der Waals surface area contributed by atoms with Crippen molar-refractivity contribution in [3.8, 4) is 0 Å². The first kappa shape index (κ1) is 11.9. The minimum Gasteiger partial charge on any atom is -0.393 e. The number of amides is 1. The van der Waals surface area contributed by atoms with Gasteiger partial charge in [-0.05, 0) is 37.8 Å². The molecule has 4 heterocycles. The Morgan fingerprint density at radius 3 is 2.70 bits per heavy atom. The third-order valence-electron chi connectivity index (χ3n) is 4.53. The second kappa shape index (κ2) is 4.31. The predicted molar refractivity (Wildman–Crippen MR) is 73.4 cm³/mol. The summed E-state index contributed by atoms with van der Waals surface area (Å²) in [6.45, 7) is 0. The molecule has 2 fully saturated rings. The van der Waals surface area contributed by atoms with E-state index in [0.29, 0.717) is 18.5 Å². The zero-order valence-corrected chi connectivity index (χ0v) is 11.1. The Kier molecular flexibility index (Phi) is 2.57. The lowest BCUT2D eigenvalue weighted by atomic mass is 9.99. The number of fused-ring (bicyclic) bond motifs is 3. The summed E-state index contributed by atoms with van der Waals surface area (Å²) >= 11 is 0.